The van der Waals surface area contributed by atoms with Gasteiger partial charge in [0.15, 0.2) is 0 Å². The minimum atomic E-state index is 0.398. The van der Waals surface area contributed by atoms with Gasteiger partial charge in [0.25, 0.3) is 0 Å². The Morgan fingerprint density at radius 2 is 0.923 bits per heavy atom. The summed E-state index contributed by atoms with van der Waals surface area (Å²) in [6.07, 6.45) is 12.3. The quantitative estimate of drug-likeness (QED) is 0.495. The van der Waals surface area contributed by atoms with Crippen molar-refractivity contribution in [3.05, 3.63) is 0 Å². The Kier molecular flexibility index (Phi) is 3.62. The van der Waals surface area contributed by atoms with Crippen LogP contribution >= 0.6 is 0 Å². The van der Waals surface area contributed by atoms with E-state index in [2.05, 4.69) is 0 Å². The van der Waals surface area contributed by atoms with Crippen molar-refractivity contribution in [2.45, 2.75) is 70.0 Å². The first kappa shape index (κ1) is 9.47. The van der Waals surface area contributed by atoms with Crippen molar-refractivity contribution >= 4 is 0 Å². The van der Waals surface area contributed by atoms with Crippen molar-refractivity contribution in [1.82, 2.24) is 0 Å². The topological polar surface area (TPSA) is 18.5 Å². The van der Waals surface area contributed by atoms with Gasteiger partial charge in [0.05, 0.1) is 12.2 Å². The lowest BCUT2D eigenvalue weighted by atomic mass is 9.98. The van der Waals surface area contributed by atoms with Crippen LogP contribution in [0.4, 0.5) is 0 Å². The van der Waals surface area contributed by atoms with Crippen LogP contribution < -0.4 is 0 Å². The van der Waals surface area contributed by atoms with E-state index < -0.39 is 0 Å². The van der Waals surface area contributed by atoms with Gasteiger partial charge in [0.1, 0.15) is 0 Å². The van der Waals surface area contributed by atoms with E-state index in [1.807, 2.05) is 0 Å². The molecule has 0 aliphatic heterocycles. The fourth-order valence-corrected chi connectivity index (χ4v) is 2.30. The average molecular weight is 184 g/mol. The molecule has 0 saturated heterocycles. The van der Waals surface area contributed by atoms with Gasteiger partial charge in [-0.05, 0) is 25.7 Å². The Balaban J connectivity index is 1.60. The normalized spacial score (nSPS) is 26.8. The summed E-state index contributed by atoms with van der Waals surface area (Å²) in [5.74, 6) is 0. The van der Waals surface area contributed by atoms with E-state index in [0.29, 0.717) is 12.2 Å². The van der Waals surface area contributed by atoms with Gasteiger partial charge in [0, 0.05) is 0 Å². The summed E-state index contributed by atoms with van der Waals surface area (Å²) in [7, 11) is 0. The van der Waals surface area contributed by atoms with Crippen LogP contribution in [0, 0.1) is 0 Å². The molecule has 2 saturated carbocycles. The number of rotatable bonds is 3. The minimum absolute atomic E-state index is 0.398. The monoisotopic (exact) mass is 184 g/mol. The molecule has 2 aliphatic carbocycles. The van der Waals surface area contributed by atoms with Crippen LogP contribution in [-0.2, 0) is 9.78 Å². The van der Waals surface area contributed by atoms with E-state index in [1.165, 1.54) is 57.8 Å². The van der Waals surface area contributed by atoms with Crippen LogP contribution in [0.3, 0.4) is 0 Å². The highest BCUT2D eigenvalue weighted by atomic mass is 17.2. The fraction of sp³-hybridized carbons (Fsp3) is 1.00. The summed E-state index contributed by atoms with van der Waals surface area (Å²) in [5.41, 5.74) is 0. The summed E-state index contributed by atoms with van der Waals surface area (Å²) in [4.78, 5) is 10.9. The molecule has 0 aromatic carbocycles. The lowest BCUT2D eigenvalue weighted by Gasteiger charge is -2.22. The third kappa shape index (κ3) is 2.96. The molecule has 0 radical (unpaired) electrons. The lowest BCUT2D eigenvalue weighted by molar-refractivity contribution is -0.353. The Labute approximate surface area is 80.5 Å². The zero-order valence-corrected chi connectivity index (χ0v) is 8.34. The fourth-order valence-electron chi connectivity index (χ4n) is 2.30. The van der Waals surface area contributed by atoms with E-state index in [4.69, 9.17) is 9.78 Å². The molecule has 2 heteroatoms. The predicted molar refractivity (Wildman–Crippen MR) is 51.3 cm³/mol. The maximum atomic E-state index is 5.47. The first-order chi connectivity index (χ1) is 6.45. The molecule has 13 heavy (non-hydrogen) atoms. The van der Waals surface area contributed by atoms with Gasteiger partial charge in [0.2, 0.25) is 0 Å². The molecule has 2 nitrogen and oxygen atoms in total. The van der Waals surface area contributed by atoms with Gasteiger partial charge in [-0.3, -0.25) is 0 Å². The Bertz CT molecular complexity index is 135. The van der Waals surface area contributed by atoms with Crippen LogP contribution in [0.1, 0.15) is 57.8 Å². The third-order valence-electron chi connectivity index (χ3n) is 3.18. The highest BCUT2D eigenvalue weighted by molar-refractivity contribution is 4.66. The second-order valence-corrected chi connectivity index (χ2v) is 4.36. The second kappa shape index (κ2) is 4.97. The second-order valence-electron chi connectivity index (χ2n) is 4.36. The van der Waals surface area contributed by atoms with Gasteiger partial charge in [-0.2, -0.15) is 0 Å². The molecule has 0 aromatic rings. The summed E-state index contributed by atoms with van der Waals surface area (Å²) in [6, 6.07) is 0. The summed E-state index contributed by atoms with van der Waals surface area (Å²) in [6.45, 7) is 0. The lowest BCUT2D eigenvalue weighted by Crippen LogP contribution is -2.20. The van der Waals surface area contributed by atoms with Crippen LogP contribution in [0.25, 0.3) is 0 Å². The predicted octanol–water partition coefficient (Wildman–Crippen LogP) is 3.21. The molecular formula is C11H20O2. The van der Waals surface area contributed by atoms with Gasteiger partial charge >= 0.3 is 0 Å². The standard InChI is InChI=1S/C11H20O2/c1-2-6-10(7-3-1)12-13-11-8-4-5-9-11/h10-11H,1-9H2. The van der Waals surface area contributed by atoms with Gasteiger partial charge in [-0.25, -0.2) is 9.78 Å². The number of hydrogen-bond donors (Lipinski definition) is 0. The minimum Gasteiger partial charge on any atom is -0.233 e. The molecule has 0 aromatic heterocycles. The Hall–Kier alpha value is -0.0800. The Morgan fingerprint density at radius 1 is 0.538 bits per heavy atom. The van der Waals surface area contributed by atoms with Crippen molar-refractivity contribution in [3.8, 4) is 0 Å². The zero-order chi connectivity index (χ0) is 8.93. The molecule has 0 amide bonds. The molecule has 0 unspecified atom stereocenters. The zero-order valence-electron chi connectivity index (χ0n) is 8.34. The molecule has 0 heterocycles. The third-order valence-corrected chi connectivity index (χ3v) is 3.18. The molecule has 0 N–H and O–H groups in total. The van der Waals surface area contributed by atoms with Crippen molar-refractivity contribution in [2.24, 2.45) is 0 Å². The molecular weight excluding hydrogens is 164 g/mol. The van der Waals surface area contributed by atoms with E-state index in [-0.39, 0.29) is 0 Å². The average Bonchev–Trinajstić information content (AvgIpc) is 2.69. The molecule has 2 fully saturated rings. The Morgan fingerprint density at radius 3 is 1.38 bits per heavy atom. The molecule has 0 atom stereocenters. The van der Waals surface area contributed by atoms with Crippen molar-refractivity contribution < 1.29 is 9.78 Å². The SMILES string of the molecule is C1CCC(OOC2CCCC2)CC1. The van der Waals surface area contributed by atoms with Crippen molar-refractivity contribution in [3.63, 3.8) is 0 Å². The van der Waals surface area contributed by atoms with E-state index in [9.17, 15) is 0 Å². The van der Waals surface area contributed by atoms with E-state index in [0.717, 1.165) is 0 Å². The van der Waals surface area contributed by atoms with Crippen LogP contribution in [-0.4, -0.2) is 12.2 Å². The van der Waals surface area contributed by atoms with Crippen LogP contribution in [0.5, 0.6) is 0 Å². The molecule has 0 spiro atoms. The molecule has 2 rings (SSSR count). The summed E-state index contributed by atoms with van der Waals surface area (Å²) < 4.78 is 0. The molecule has 0 bridgehead atoms. The smallest absolute Gasteiger partial charge is 0.0930 e. The van der Waals surface area contributed by atoms with Crippen molar-refractivity contribution in [2.75, 3.05) is 0 Å². The highest BCUT2D eigenvalue weighted by Crippen LogP contribution is 2.25. The summed E-state index contributed by atoms with van der Waals surface area (Å²) >= 11 is 0. The van der Waals surface area contributed by atoms with E-state index in [1.54, 1.807) is 0 Å². The maximum absolute atomic E-state index is 5.47. The van der Waals surface area contributed by atoms with Gasteiger partial charge < -0.3 is 0 Å². The first-order valence-corrected chi connectivity index (χ1v) is 5.77. The number of hydrogen-bond acceptors (Lipinski definition) is 2. The first-order valence-electron chi connectivity index (χ1n) is 5.77. The summed E-state index contributed by atoms with van der Waals surface area (Å²) in [5, 5.41) is 0. The maximum Gasteiger partial charge on any atom is 0.0930 e. The molecule has 2 aliphatic rings. The van der Waals surface area contributed by atoms with E-state index >= 15 is 0 Å². The largest absolute Gasteiger partial charge is 0.233 e. The molecule has 76 valence electrons. The van der Waals surface area contributed by atoms with Crippen LogP contribution in [0.15, 0.2) is 0 Å². The highest BCUT2D eigenvalue weighted by Gasteiger charge is 2.20. The van der Waals surface area contributed by atoms with Crippen LogP contribution in [0.2, 0.25) is 0 Å². The van der Waals surface area contributed by atoms with Gasteiger partial charge in [-0.15, -0.1) is 0 Å². The van der Waals surface area contributed by atoms with Crippen molar-refractivity contribution in [1.29, 1.82) is 0 Å². The van der Waals surface area contributed by atoms with Gasteiger partial charge in [-0.1, -0.05) is 32.1 Å².